The lowest BCUT2D eigenvalue weighted by molar-refractivity contribution is -0.120. The molecule has 1 aliphatic rings. The molecule has 2 amide bonds. The van der Waals surface area contributed by atoms with Gasteiger partial charge in [0.05, 0.1) is 23.3 Å². The Kier molecular flexibility index (Phi) is 4.59. The van der Waals surface area contributed by atoms with Crippen LogP contribution in [0.2, 0.25) is 0 Å². The molecular formula is C22H21N3O2. The highest BCUT2D eigenvalue weighted by Gasteiger charge is 2.23. The monoisotopic (exact) mass is 359 g/mol. The van der Waals surface area contributed by atoms with E-state index in [1.54, 1.807) is 6.07 Å². The Balaban J connectivity index is 1.64. The van der Waals surface area contributed by atoms with Gasteiger partial charge in [0.2, 0.25) is 5.91 Å². The molecule has 0 unspecified atom stereocenters. The van der Waals surface area contributed by atoms with Crippen LogP contribution in [0.5, 0.6) is 0 Å². The molecule has 0 bridgehead atoms. The van der Waals surface area contributed by atoms with Gasteiger partial charge < -0.3 is 10.6 Å². The Labute approximate surface area is 157 Å². The first-order valence-corrected chi connectivity index (χ1v) is 9.14. The molecule has 4 rings (SSSR count). The molecule has 2 aromatic carbocycles. The van der Waals surface area contributed by atoms with Crippen molar-refractivity contribution in [1.29, 1.82) is 0 Å². The van der Waals surface area contributed by atoms with Crippen molar-refractivity contribution in [3.8, 4) is 11.3 Å². The van der Waals surface area contributed by atoms with Crippen LogP contribution in [-0.2, 0) is 4.79 Å². The number of aromatic nitrogens is 1. The van der Waals surface area contributed by atoms with Crippen LogP contribution in [0, 0.1) is 6.92 Å². The number of nitrogens with one attached hydrogen (secondary N) is 2. The van der Waals surface area contributed by atoms with Crippen molar-refractivity contribution in [2.24, 2.45) is 0 Å². The third-order valence-electron chi connectivity index (χ3n) is 4.66. The van der Waals surface area contributed by atoms with Crippen LogP contribution in [-0.4, -0.2) is 29.4 Å². The molecule has 0 atom stereocenters. The average Bonchev–Trinajstić information content (AvgIpc) is 3.49. The molecule has 0 aliphatic heterocycles. The number of hydrogen-bond donors (Lipinski definition) is 2. The van der Waals surface area contributed by atoms with E-state index >= 15 is 0 Å². The molecule has 5 heteroatoms. The van der Waals surface area contributed by atoms with Crippen molar-refractivity contribution in [2.75, 3.05) is 6.54 Å². The highest BCUT2D eigenvalue weighted by Crippen LogP contribution is 2.25. The van der Waals surface area contributed by atoms with Gasteiger partial charge in [-0.25, -0.2) is 4.98 Å². The van der Waals surface area contributed by atoms with Gasteiger partial charge in [-0.05, 0) is 31.9 Å². The van der Waals surface area contributed by atoms with Gasteiger partial charge in [-0.2, -0.15) is 0 Å². The van der Waals surface area contributed by atoms with E-state index in [-0.39, 0.29) is 24.4 Å². The summed E-state index contributed by atoms with van der Waals surface area (Å²) in [7, 11) is 0. The average molecular weight is 359 g/mol. The fourth-order valence-electron chi connectivity index (χ4n) is 3.00. The van der Waals surface area contributed by atoms with E-state index in [0.717, 1.165) is 35.0 Å². The number of carbonyl (C=O) groups excluding carboxylic acids is 2. The molecule has 0 radical (unpaired) electrons. The van der Waals surface area contributed by atoms with Crippen LogP contribution in [0.1, 0.15) is 28.8 Å². The first-order valence-electron chi connectivity index (χ1n) is 9.14. The number of benzene rings is 2. The Hall–Kier alpha value is -3.21. The summed E-state index contributed by atoms with van der Waals surface area (Å²) in [6.45, 7) is 2.01. The minimum Gasteiger partial charge on any atom is -0.352 e. The van der Waals surface area contributed by atoms with Crippen LogP contribution < -0.4 is 10.6 Å². The topological polar surface area (TPSA) is 71.1 Å². The standard InChI is InChI=1S/C22H21N3O2/c1-14-6-8-15(9-7-14)20-12-18(17-4-2-3-5-19(17)25-20)22(27)23-13-21(26)24-16-10-11-16/h2-9,12,16H,10-11,13H2,1H3,(H,23,27)(H,24,26). The maximum Gasteiger partial charge on any atom is 0.252 e. The summed E-state index contributed by atoms with van der Waals surface area (Å²) in [5.74, 6) is -0.420. The quantitative estimate of drug-likeness (QED) is 0.735. The third kappa shape index (κ3) is 3.97. The van der Waals surface area contributed by atoms with Gasteiger partial charge in [-0.15, -0.1) is 0 Å². The van der Waals surface area contributed by atoms with Crippen LogP contribution in [0.3, 0.4) is 0 Å². The summed E-state index contributed by atoms with van der Waals surface area (Å²) >= 11 is 0. The molecule has 3 aromatic rings. The zero-order chi connectivity index (χ0) is 18.8. The number of hydrogen-bond acceptors (Lipinski definition) is 3. The molecule has 1 aromatic heterocycles. The Bertz CT molecular complexity index is 1010. The molecule has 1 saturated carbocycles. The lowest BCUT2D eigenvalue weighted by Gasteiger charge is -2.11. The van der Waals surface area contributed by atoms with Crippen LogP contribution >= 0.6 is 0 Å². The summed E-state index contributed by atoms with van der Waals surface area (Å²) in [6.07, 6.45) is 2.04. The predicted octanol–water partition coefficient (Wildman–Crippen LogP) is 3.22. The largest absolute Gasteiger partial charge is 0.352 e. The number of carbonyl (C=O) groups is 2. The van der Waals surface area contributed by atoms with Gasteiger partial charge in [-0.1, -0.05) is 48.0 Å². The maximum absolute atomic E-state index is 12.8. The Morgan fingerprint density at radius 3 is 2.56 bits per heavy atom. The highest BCUT2D eigenvalue weighted by molar-refractivity contribution is 6.08. The summed E-state index contributed by atoms with van der Waals surface area (Å²) in [6, 6.07) is 17.7. The fraction of sp³-hybridized carbons (Fsp3) is 0.227. The van der Waals surface area contributed by atoms with Gasteiger partial charge in [0.25, 0.3) is 5.91 Å². The minimum atomic E-state index is -0.270. The SMILES string of the molecule is Cc1ccc(-c2cc(C(=O)NCC(=O)NC3CC3)c3ccccc3n2)cc1. The molecule has 0 saturated heterocycles. The van der Waals surface area contributed by atoms with E-state index in [4.69, 9.17) is 4.98 Å². The van der Waals surface area contributed by atoms with Crippen molar-refractivity contribution in [2.45, 2.75) is 25.8 Å². The Morgan fingerprint density at radius 2 is 1.81 bits per heavy atom. The number of rotatable bonds is 5. The summed E-state index contributed by atoms with van der Waals surface area (Å²) in [4.78, 5) is 29.4. The van der Waals surface area contributed by atoms with Crippen molar-refractivity contribution >= 4 is 22.7 Å². The number of aryl methyl sites for hydroxylation is 1. The number of nitrogens with zero attached hydrogens (tertiary/aromatic N) is 1. The highest BCUT2D eigenvalue weighted by atomic mass is 16.2. The van der Waals surface area contributed by atoms with E-state index in [1.807, 2.05) is 55.5 Å². The fourth-order valence-corrected chi connectivity index (χ4v) is 3.00. The van der Waals surface area contributed by atoms with Crippen molar-refractivity contribution in [1.82, 2.24) is 15.6 Å². The van der Waals surface area contributed by atoms with Crippen LogP contribution in [0.25, 0.3) is 22.2 Å². The normalized spacial score (nSPS) is 13.4. The van der Waals surface area contributed by atoms with Gasteiger partial charge in [0.1, 0.15) is 0 Å². The Morgan fingerprint density at radius 1 is 1.07 bits per heavy atom. The first kappa shape index (κ1) is 17.2. The molecule has 5 nitrogen and oxygen atoms in total. The summed E-state index contributed by atoms with van der Waals surface area (Å²) in [5.41, 5.74) is 4.13. The molecule has 2 N–H and O–H groups in total. The predicted molar refractivity (Wildman–Crippen MR) is 105 cm³/mol. The first-order chi connectivity index (χ1) is 13.1. The molecule has 1 fully saturated rings. The van der Waals surface area contributed by atoms with Gasteiger partial charge in [0, 0.05) is 17.0 Å². The number of fused-ring (bicyclic) bond motifs is 1. The molecular weight excluding hydrogens is 338 g/mol. The number of para-hydroxylation sites is 1. The van der Waals surface area contributed by atoms with Crippen LogP contribution in [0.15, 0.2) is 54.6 Å². The van der Waals surface area contributed by atoms with Crippen molar-refractivity contribution in [3.63, 3.8) is 0 Å². The molecule has 27 heavy (non-hydrogen) atoms. The second-order valence-electron chi connectivity index (χ2n) is 6.96. The molecule has 0 spiro atoms. The van der Waals surface area contributed by atoms with Gasteiger partial charge in [0.15, 0.2) is 0 Å². The lowest BCUT2D eigenvalue weighted by atomic mass is 10.0. The third-order valence-corrected chi connectivity index (χ3v) is 4.66. The lowest BCUT2D eigenvalue weighted by Crippen LogP contribution is -2.37. The van der Waals surface area contributed by atoms with Gasteiger partial charge >= 0.3 is 0 Å². The number of pyridine rings is 1. The zero-order valence-electron chi connectivity index (χ0n) is 15.2. The molecule has 1 heterocycles. The van der Waals surface area contributed by atoms with E-state index in [2.05, 4.69) is 10.6 Å². The molecule has 136 valence electrons. The van der Waals surface area contributed by atoms with E-state index in [1.165, 1.54) is 5.56 Å². The second-order valence-corrected chi connectivity index (χ2v) is 6.96. The zero-order valence-corrected chi connectivity index (χ0v) is 15.2. The smallest absolute Gasteiger partial charge is 0.252 e. The minimum absolute atomic E-state index is 0.0220. The van der Waals surface area contributed by atoms with E-state index < -0.39 is 0 Å². The summed E-state index contributed by atoms with van der Waals surface area (Å²) in [5, 5.41) is 6.38. The van der Waals surface area contributed by atoms with Crippen LogP contribution in [0.4, 0.5) is 0 Å². The molecule has 1 aliphatic carbocycles. The second kappa shape index (κ2) is 7.19. The van der Waals surface area contributed by atoms with Gasteiger partial charge in [-0.3, -0.25) is 9.59 Å². The van der Waals surface area contributed by atoms with E-state index in [0.29, 0.717) is 5.56 Å². The van der Waals surface area contributed by atoms with E-state index in [9.17, 15) is 9.59 Å². The van der Waals surface area contributed by atoms with Crippen molar-refractivity contribution < 1.29 is 9.59 Å². The summed E-state index contributed by atoms with van der Waals surface area (Å²) < 4.78 is 0. The number of amides is 2. The van der Waals surface area contributed by atoms with Crippen molar-refractivity contribution in [3.05, 3.63) is 65.7 Å². The maximum atomic E-state index is 12.8.